The van der Waals surface area contributed by atoms with Crippen molar-refractivity contribution in [1.82, 2.24) is 0 Å². The molecule has 0 spiro atoms. The smallest absolute Gasteiger partial charge is 0.493 e. The van der Waals surface area contributed by atoms with E-state index < -0.39 is 0 Å². The third-order valence-electron chi connectivity index (χ3n) is 4.03. The van der Waals surface area contributed by atoms with Gasteiger partial charge in [0.2, 0.25) is 0 Å². The summed E-state index contributed by atoms with van der Waals surface area (Å²) in [5.41, 5.74) is 0. The molecule has 164 valence electrons. The van der Waals surface area contributed by atoms with Gasteiger partial charge in [0.25, 0.3) is 0 Å². The summed E-state index contributed by atoms with van der Waals surface area (Å²) in [6.45, 7) is 0. The Morgan fingerprint density at radius 3 is 0.938 bits per heavy atom. The van der Waals surface area contributed by atoms with Gasteiger partial charge in [0.1, 0.15) is 0 Å². The fourth-order valence-electron chi connectivity index (χ4n) is 2.49. The molecular weight excluding hydrogens is 480 g/mol. The molecule has 20 radical (unpaired) electrons. The summed E-state index contributed by atoms with van der Waals surface area (Å²) in [4.78, 5) is 0. The molecule has 4 fully saturated rings. The van der Waals surface area contributed by atoms with Crippen molar-refractivity contribution in [3.63, 3.8) is 0 Å². The van der Waals surface area contributed by atoms with Crippen molar-refractivity contribution in [2.75, 3.05) is 14.2 Å². The van der Waals surface area contributed by atoms with Crippen molar-refractivity contribution in [3.05, 3.63) is 163 Å². The molecule has 0 amide bonds. The topological polar surface area (TPSA) is 18.5 Å². The Morgan fingerprint density at radius 1 is 0.469 bits per heavy atom. The Kier molecular flexibility index (Phi) is 21.3. The molecule has 2 nitrogen and oxygen atoms in total. The molecule has 0 saturated heterocycles. The first-order chi connectivity index (χ1) is 14.8. The van der Waals surface area contributed by atoms with Crippen molar-refractivity contribution in [2.45, 2.75) is 0 Å². The molecule has 0 aromatic heterocycles. The number of ether oxygens (including phenoxy) is 2. The van der Waals surface area contributed by atoms with E-state index in [4.69, 9.17) is 9.47 Å². The zero-order valence-corrected chi connectivity index (χ0v) is 20.4. The maximum Gasteiger partial charge on any atom is 2.00 e. The predicted octanol–water partition coefficient (Wildman–Crippen LogP) is 5.45. The van der Waals surface area contributed by atoms with Gasteiger partial charge in [0, 0.05) is 11.8 Å². The van der Waals surface area contributed by atoms with Crippen LogP contribution < -0.4 is 0 Å². The first-order valence-electron chi connectivity index (χ1n) is 9.78. The minimum absolute atomic E-state index is 0. The van der Waals surface area contributed by atoms with Gasteiger partial charge in [-0.1, -0.05) is 12.2 Å². The number of methoxy groups -OCH3 is 2. The summed E-state index contributed by atoms with van der Waals surface area (Å²) in [5.74, 6) is 3.65. The largest absolute Gasteiger partial charge is 2.00 e. The van der Waals surface area contributed by atoms with E-state index in [1.165, 1.54) is 0 Å². The molecule has 0 heterocycles. The molecule has 4 aliphatic rings. The van der Waals surface area contributed by atoms with Crippen LogP contribution in [0.1, 0.15) is 0 Å². The SMILES string of the molecule is COC(/C=C/[C]1[CH][CH][CH][CH]1)=C(\C=C\[C]1[CH][CH][CH][CH]1)OC.[CH]1[CH][CH][CH][CH]1.[CH]1[CH][CH][CH][CH]1.[Fe+2].[Fe+2]. The van der Waals surface area contributed by atoms with E-state index in [9.17, 15) is 0 Å². The Morgan fingerprint density at radius 2 is 0.719 bits per heavy atom. The summed E-state index contributed by atoms with van der Waals surface area (Å²) < 4.78 is 10.8. The Labute approximate surface area is 220 Å². The van der Waals surface area contributed by atoms with Gasteiger partial charge in [-0.25, -0.2) is 0 Å². The maximum atomic E-state index is 5.39. The fourth-order valence-corrected chi connectivity index (χ4v) is 2.49. The molecule has 0 unspecified atom stereocenters. The summed E-state index contributed by atoms with van der Waals surface area (Å²) in [6.07, 6.45) is 44.0. The van der Waals surface area contributed by atoms with Crippen molar-refractivity contribution in [2.24, 2.45) is 0 Å². The first-order valence-corrected chi connectivity index (χ1v) is 9.78. The van der Waals surface area contributed by atoms with Crippen LogP contribution in [0.3, 0.4) is 0 Å². The summed E-state index contributed by atoms with van der Waals surface area (Å²) in [5, 5.41) is 0. The molecule has 0 atom stereocenters. The summed E-state index contributed by atoms with van der Waals surface area (Å²) >= 11 is 0. The quantitative estimate of drug-likeness (QED) is 0.270. The van der Waals surface area contributed by atoms with Crippen LogP contribution >= 0.6 is 0 Å². The molecule has 0 aliphatic heterocycles. The van der Waals surface area contributed by atoms with Gasteiger partial charge in [-0.3, -0.25) is 0 Å². The third-order valence-corrected chi connectivity index (χ3v) is 4.03. The molecule has 4 aliphatic carbocycles. The average Bonchev–Trinajstić information content (AvgIpc) is 3.61. The molecule has 0 aromatic rings. The minimum atomic E-state index is 0. The normalized spacial score (nSPS) is 21.8. The Balaban J connectivity index is 0.000000657. The van der Waals surface area contributed by atoms with Gasteiger partial charge >= 0.3 is 34.1 Å². The predicted molar refractivity (Wildman–Crippen MR) is 123 cm³/mol. The van der Waals surface area contributed by atoms with Crippen molar-refractivity contribution >= 4 is 0 Å². The van der Waals surface area contributed by atoms with E-state index in [2.05, 4.69) is 0 Å². The van der Waals surface area contributed by atoms with E-state index in [1.54, 1.807) is 14.2 Å². The van der Waals surface area contributed by atoms with Gasteiger partial charge in [-0.05, 0) is 128 Å². The van der Waals surface area contributed by atoms with Gasteiger partial charge in [0.15, 0.2) is 11.5 Å². The first kappa shape index (κ1) is 31.9. The zero-order valence-electron chi connectivity index (χ0n) is 18.2. The van der Waals surface area contributed by atoms with Crippen LogP contribution in [0.5, 0.6) is 0 Å². The van der Waals surface area contributed by atoms with Crippen LogP contribution in [0, 0.1) is 127 Å². The third kappa shape index (κ3) is 14.2. The van der Waals surface area contributed by atoms with Crippen LogP contribution in [0.15, 0.2) is 35.8 Å². The Bertz CT molecular complexity index is 446. The fraction of sp³-hybridized carbons (Fsp3) is 0.0714. The number of hydrogen-bond acceptors (Lipinski definition) is 2. The van der Waals surface area contributed by atoms with Crippen LogP contribution in [-0.2, 0) is 43.6 Å². The van der Waals surface area contributed by atoms with Gasteiger partial charge < -0.3 is 9.47 Å². The van der Waals surface area contributed by atoms with E-state index in [0.717, 1.165) is 11.8 Å². The monoisotopic (exact) mass is 508 g/mol. The average molecular weight is 508 g/mol. The molecular formula is C28H28Fe2O2+4. The maximum absolute atomic E-state index is 5.39. The number of hydrogen-bond donors (Lipinski definition) is 0. The zero-order chi connectivity index (χ0) is 21.3. The number of rotatable bonds is 6. The molecule has 4 rings (SSSR count). The van der Waals surface area contributed by atoms with Crippen LogP contribution in [-0.4, -0.2) is 14.2 Å². The second kappa shape index (κ2) is 21.4. The number of allylic oxidation sites excluding steroid dienone is 4. The van der Waals surface area contributed by atoms with Gasteiger partial charge in [-0.2, -0.15) is 0 Å². The molecule has 0 bridgehead atoms. The summed E-state index contributed by atoms with van der Waals surface area (Å²) in [7, 11) is 3.28. The van der Waals surface area contributed by atoms with Crippen LogP contribution in [0.4, 0.5) is 0 Å². The van der Waals surface area contributed by atoms with E-state index >= 15 is 0 Å². The van der Waals surface area contributed by atoms with E-state index in [0.29, 0.717) is 11.5 Å². The molecule has 0 aromatic carbocycles. The second-order valence-electron chi connectivity index (χ2n) is 6.16. The van der Waals surface area contributed by atoms with Crippen molar-refractivity contribution in [1.29, 1.82) is 0 Å². The minimum Gasteiger partial charge on any atom is -0.493 e. The van der Waals surface area contributed by atoms with Crippen molar-refractivity contribution in [3.8, 4) is 0 Å². The van der Waals surface area contributed by atoms with Gasteiger partial charge in [-0.15, -0.1) is 0 Å². The Hall–Kier alpha value is -0.141. The molecule has 4 heteroatoms. The standard InChI is InChI=1S/C18H18O2.2C5H5.2Fe/c1-19-17(13-11-15-7-3-4-8-15)18(20-2)14-12-16-9-5-6-10-16;2*1-2-4-5-3-1;;/h3-14H,1-2H3;2*1-5H;;/q;;;2*+2/b13-11+,14-12+,18-17+;;;;. The van der Waals surface area contributed by atoms with Crippen LogP contribution in [0.2, 0.25) is 0 Å². The van der Waals surface area contributed by atoms with Crippen molar-refractivity contribution < 1.29 is 43.6 Å². The second-order valence-corrected chi connectivity index (χ2v) is 6.16. The summed E-state index contributed by atoms with van der Waals surface area (Å²) in [6, 6.07) is 0. The molecule has 0 N–H and O–H groups in total. The molecule has 32 heavy (non-hydrogen) atoms. The van der Waals surface area contributed by atoms with Crippen LogP contribution in [0.25, 0.3) is 0 Å². The van der Waals surface area contributed by atoms with Gasteiger partial charge in [0.05, 0.1) is 14.2 Å². The van der Waals surface area contributed by atoms with E-state index in [1.807, 2.05) is 140 Å². The van der Waals surface area contributed by atoms with E-state index in [-0.39, 0.29) is 34.1 Å². The molecule has 4 saturated carbocycles.